The van der Waals surface area contributed by atoms with Gasteiger partial charge in [0.25, 0.3) is 5.91 Å². The fraction of sp³-hybridized carbons (Fsp3) is 0.407. The molecule has 1 aliphatic rings. The summed E-state index contributed by atoms with van der Waals surface area (Å²) in [5.74, 6) is 0.0535. The molecule has 1 fully saturated rings. The molecule has 2 aromatic carbocycles. The number of likely N-dealkylation sites (tertiary alicyclic amines) is 1. The predicted octanol–water partition coefficient (Wildman–Crippen LogP) is 4.19. The van der Waals surface area contributed by atoms with Crippen molar-refractivity contribution >= 4 is 5.91 Å². The third-order valence-electron chi connectivity index (χ3n) is 6.32. The topological polar surface area (TPSA) is 70.4 Å². The van der Waals surface area contributed by atoms with Crippen LogP contribution in [-0.4, -0.2) is 44.9 Å². The number of aliphatic hydroxyl groups is 1. The van der Waals surface area contributed by atoms with Crippen LogP contribution in [0.15, 0.2) is 54.7 Å². The number of nitrogens with one attached hydrogen (secondary N) is 1. The number of benzene rings is 2. The van der Waals surface area contributed by atoms with E-state index in [9.17, 15) is 9.90 Å². The van der Waals surface area contributed by atoms with Crippen LogP contribution in [0.5, 0.6) is 0 Å². The van der Waals surface area contributed by atoms with Gasteiger partial charge in [0.05, 0.1) is 29.2 Å². The number of carbonyl (C=O) groups excluding carboxylic acids is 1. The maximum atomic E-state index is 13.0. The van der Waals surface area contributed by atoms with Crippen molar-refractivity contribution in [1.29, 1.82) is 0 Å². The number of aliphatic hydroxyl groups excluding tert-OH is 1. The number of piperidine rings is 1. The highest BCUT2D eigenvalue weighted by Gasteiger charge is 2.21. The van der Waals surface area contributed by atoms with Gasteiger partial charge in [-0.1, -0.05) is 55.8 Å². The first-order valence-electron chi connectivity index (χ1n) is 11.8. The summed E-state index contributed by atoms with van der Waals surface area (Å²) in [5, 5.41) is 17.2. The Balaban J connectivity index is 1.39. The molecular weight excluding hydrogens is 412 g/mol. The van der Waals surface area contributed by atoms with Crippen molar-refractivity contribution in [1.82, 2.24) is 20.0 Å². The van der Waals surface area contributed by atoms with Gasteiger partial charge in [-0.15, -0.1) is 0 Å². The number of aromatic nitrogens is 2. The van der Waals surface area contributed by atoms with Gasteiger partial charge >= 0.3 is 0 Å². The molecule has 2 heterocycles. The third-order valence-corrected chi connectivity index (χ3v) is 6.32. The van der Waals surface area contributed by atoms with Crippen LogP contribution in [0.4, 0.5) is 0 Å². The first-order chi connectivity index (χ1) is 15.9. The van der Waals surface area contributed by atoms with E-state index >= 15 is 0 Å². The zero-order valence-electron chi connectivity index (χ0n) is 19.8. The molecule has 1 amide bonds. The largest absolute Gasteiger partial charge is 0.393 e. The molecule has 1 aliphatic heterocycles. The zero-order valence-corrected chi connectivity index (χ0v) is 19.8. The lowest BCUT2D eigenvalue weighted by Gasteiger charge is -2.29. The van der Waals surface area contributed by atoms with Crippen LogP contribution in [0.1, 0.15) is 65.3 Å². The predicted molar refractivity (Wildman–Crippen MR) is 131 cm³/mol. The van der Waals surface area contributed by atoms with Gasteiger partial charge in [0, 0.05) is 26.2 Å². The minimum Gasteiger partial charge on any atom is -0.393 e. The molecule has 0 saturated carbocycles. The Kier molecular flexibility index (Phi) is 7.26. The molecule has 4 rings (SSSR count). The molecule has 0 aliphatic carbocycles. The molecule has 0 spiro atoms. The van der Waals surface area contributed by atoms with Crippen LogP contribution in [0.25, 0.3) is 5.69 Å². The van der Waals surface area contributed by atoms with E-state index in [2.05, 4.69) is 72.5 Å². The van der Waals surface area contributed by atoms with Gasteiger partial charge < -0.3 is 10.4 Å². The number of carbonyl (C=O) groups is 1. The number of aryl methyl sites for hydroxylation is 1. The molecule has 1 saturated heterocycles. The Morgan fingerprint density at radius 1 is 1.06 bits per heavy atom. The Bertz CT molecular complexity index is 1060. The molecule has 6 heteroatoms. The summed E-state index contributed by atoms with van der Waals surface area (Å²) in [5.41, 5.74) is 6.01. The smallest absolute Gasteiger partial charge is 0.255 e. The van der Waals surface area contributed by atoms with Gasteiger partial charge in [0.15, 0.2) is 0 Å². The second kappa shape index (κ2) is 10.3. The van der Waals surface area contributed by atoms with E-state index < -0.39 is 0 Å². The van der Waals surface area contributed by atoms with Crippen molar-refractivity contribution in [3.63, 3.8) is 0 Å². The SMILES string of the molecule is Cc1ccc(-n2ncc(C(=O)NCc3ccc(CN4CCC(O)CC4)cc3)c2C(C)C)cc1. The average molecular weight is 447 g/mol. The lowest BCUT2D eigenvalue weighted by atomic mass is 10.0. The van der Waals surface area contributed by atoms with E-state index in [1.165, 1.54) is 11.1 Å². The highest BCUT2D eigenvalue weighted by molar-refractivity contribution is 5.95. The summed E-state index contributed by atoms with van der Waals surface area (Å²) in [4.78, 5) is 15.4. The van der Waals surface area contributed by atoms with Gasteiger partial charge in [-0.2, -0.15) is 5.10 Å². The number of amides is 1. The van der Waals surface area contributed by atoms with Crippen LogP contribution in [0.2, 0.25) is 0 Å². The maximum Gasteiger partial charge on any atom is 0.255 e. The zero-order chi connectivity index (χ0) is 23.4. The van der Waals surface area contributed by atoms with Gasteiger partial charge in [-0.25, -0.2) is 4.68 Å². The van der Waals surface area contributed by atoms with Crippen LogP contribution >= 0.6 is 0 Å². The van der Waals surface area contributed by atoms with E-state index in [4.69, 9.17) is 0 Å². The van der Waals surface area contributed by atoms with E-state index in [1.54, 1.807) is 6.20 Å². The van der Waals surface area contributed by atoms with Crippen molar-refractivity contribution in [2.75, 3.05) is 13.1 Å². The summed E-state index contributed by atoms with van der Waals surface area (Å²) in [6.45, 7) is 9.47. The van der Waals surface area contributed by atoms with Crippen molar-refractivity contribution < 1.29 is 9.90 Å². The number of nitrogens with zero attached hydrogens (tertiary/aromatic N) is 3. The van der Waals surface area contributed by atoms with E-state index in [0.717, 1.165) is 49.4 Å². The molecule has 0 radical (unpaired) electrons. The summed E-state index contributed by atoms with van der Waals surface area (Å²) >= 11 is 0. The Morgan fingerprint density at radius 2 is 1.70 bits per heavy atom. The van der Waals surface area contributed by atoms with Crippen LogP contribution < -0.4 is 5.32 Å². The molecule has 0 unspecified atom stereocenters. The van der Waals surface area contributed by atoms with E-state index in [1.807, 2.05) is 16.8 Å². The van der Waals surface area contributed by atoms with Gasteiger partial charge in [-0.3, -0.25) is 9.69 Å². The molecule has 6 nitrogen and oxygen atoms in total. The number of hydrogen-bond acceptors (Lipinski definition) is 4. The molecular formula is C27H34N4O2. The Labute approximate surface area is 196 Å². The molecule has 174 valence electrons. The highest BCUT2D eigenvalue weighted by Crippen LogP contribution is 2.23. The van der Waals surface area contributed by atoms with Crippen molar-refractivity contribution in [2.24, 2.45) is 0 Å². The lowest BCUT2D eigenvalue weighted by Crippen LogP contribution is -2.35. The number of rotatable bonds is 7. The standard InChI is InChI=1S/C27H34N4O2/c1-19(2)26-25(17-29-31(26)23-10-4-20(3)5-11-23)27(33)28-16-21-6-8-22(9-7-21)18-30-14-12-24(32)13-15-30/h4-11,17,19,24,32H,12-16,18H2,1-3H3,(H,28,33). The minimum atomic E-state index is -0.146. The van der Waals surface area contributed by atoms with Crippen molar-refractivity contribution in [3.8, 4) is 5.69 Å². The Hall–Kier alpha value is -2.96. The Morgan fingerprint density at radius 3 is 2.33 bits per heavy atom. The average Bonchev–Trinajstić information content (AvgIpc) is 3.26. The second-order valence-corrected chi connectivity index (χ2v) is 9.35. The minimum absolute atomic E-state index is 0.104. The second-order valence-electron chi connectivity index (χ2n) is 9.35. The monoisotopic (exact) mass is 446 g/mol. The number of hydrogen-bond donors (Lipinski definition) is 2. The molecule has 33 heavy (non-hydrogen) atoms. The van der Waals surface area contributed by atoms with Crippen LogP contribution in [-0.2, 0) is 13.1 Å². The summed E-state index contributed by atoms with van der Waals surface area (Å²) in [7, 11) is 0. The first kappa shape index (κ1) is 23.2. The van der Waals surface area contributed by atoms with E-state index in [-0.39, 0.29) is 17.9 Å². The van der Waals surface area contributed by atoms with Crippen molar-refractivity contribution in [3.05, 3.63) is 82.7 Å². The molecule has 0 atom stereocenters. The fourth-order valence-corrected chi connectivity index (χ4v) is 4.36. The van der Waals surface area contributed by atoms with Crippen molar-refractivity contribution in [2.45, 2.75) is 58.7 Å². The molecule has 2 N–H and O–H groups in total. The summed E-state index contributed by atoms with van der Waals surface area (Å²) in [6.07, 6.45) is 3.22. The molecule has 0 bridgehead atoms. The summed E-state index contributed by atoms with van der Waals surface area (Å²) < 4.78 is 1.87. The van der Waals surface area contributed by atoms with Crippen LogP contribution in [0.3, 0.4) is 0 Å². The third kappa shape index (κ3) is 5.70. The normalized spacial score (nSPS) is 15.2. The van der Waals surface area contributed by atoms with E-state index in [0.29, 0.717) is 12.1 Å². The highest BCUT2D eigenvalue weighted by atomic mass is 16.3. The van der Waals surface area contributed by atoms with Gasteiger partial charge in [0.1, 0.15) is 0 Å². The lowest BCUT2D eigenvalue weighted by molar-refractivity contribution is 0.0792. The quantitative estimate of drug-likeness (QED) is 0.571. The van der Waals surface area contributed by atoms with Gasteiger partial charge in [0.2, 0.25) is 0 Å². The fourth-order valence-electron chi connectivity index (χ4n) is 4.36. The maximum absolute atomic E-state index is 13.0. The summed E-state index contributed by atoms with van der Waals surface area (Å²) in [6, 6.07) is 16.6. The van der Waals surface area contributed by atoms with Gasteiger partial charge in [-0.05, 0) is 48.9 Å². The molecule has 1 aromatic heterocycles. The molecule has 3 aromatic rings. The first-order valence-corrected chi connectivity index (χ1v) is 11.8. The van der Waals surface area contributed by atoms with Crippen LogP contribution in [0, 0.1) is 6.92 Å².